The predicted molar refractivity (Wildman–Crippen MR) is 34.3 cm³/mol. The van der Waals surface area contributed by atoms with Crippen LogP contribution in [0.25, 0.3) is 0 Å². The van der Waals surface area contributed by atoms with E-state index in [0.717, 1.165) is 11.3 Å². The SMILES string of the molecule is [CH2]c1ccnc([CH2])c1.[H+]. The average Bonchev–Trinajstić information content (AvgIpc) is 1.64. The lowest BCUT2D eigenvalue weighted by Gasteiger charge is -1.89. The van der Waals surface area contributed by atoms with E-state index in [4.69, 9.17) is 0 Å². The van der Waals surface area contributed by atoms with Gasteiger partial charge in [-0.1, -0.05) is 0 Å². The van der Waals surface area contributed by atoms with Crippen LogP contribution in [0.1, 0.15) is 12.7 Å². The van der Waals surface area contributed by atoms with Gasteiger partial charge in [0.05, 0.1) is 0 Å². The van der Waals surface area contributed by atoms with E-state index in [9.17, 15) is 0 Å². The summed E-state index contributed by atoms with van der Waals surface area (Å²) in [6, 6.07) is 3.68. The Morgan fingerprint density at radius 3 is 2.62 bits per heavy atom. The molecule has 1 rings (SSSR count). The maximum absolute atomic E-state index is 3.89. The highest BCUT2D eigenvalue weighted by Gasteiger charge is 1.82. The molecule has 0 saturated heterocycles. The molecule has 1 nitrogen and oxygen atoms in total. The van der Waals surface area contributed by atoms with Crippen LogP contribution in [0.5, 0.6) is 0 Å². The first-order valence-electron chi connectivity index (χ1n) is 2.39. The molecule has 1 heteroatoms. The van der Waals surface area contributed by atoms with Crippen molar-refractivity contribution in [3.63, 3.8) is 0 Å². The molecule has 0 aliphatic heterocycles. The molecule has 0 aliphatic carbocycles. The minimum Gasteiger partial charge on any atom is -0.261 e. The van der Waals surface area contributed by atoms with Crippen LogP contribution in [0.2, 0.25) is 0 Å². The van der Waals surface area contributed by atoms with E-state index in [0.29, 0.717) is 0 Å². The van der Waals surface area contributed by atoms with E-state index >= 15 is 0 Å². The number of rotatable bonds is 0. The molecule has 0 N–H and O–H groups in total. The molecular formula is C7H8N+. The van der Waals surface area contributed by atoms with Crippen molar-refractivity contribution in [2.75, 3.05) is 0 Å². The van der Waals surface area contributed by atoms with Crippen LogP contribution in [-0.2, 0) is 0 Å². The van der Waals surface area contributed by atoms with E-state index in [1.54, 1.807) is 6.20 Å². The Hall–Kier alpha value is -0.850. The molecule has 1 heterocycles. The van der Waals surface area contributed by atoms with Crippen LogP contribution < -0.4 is 0 Å². The van der Waals surface area contributed by atoms with Gasteiger partial charge in [0.25, 0.3) is 0 Å². The third-order valence-corrected chi connectivity index (χ3v) is 0.881. The Balaban J connectivity index is 0.000000640. The molecular weight excluding hydrogens is 98.1 g/mol. The Morgan fingerprint density at radius 2 is 2.25 bits per heavy atom. The number of nitrogens with zero attached hydrogens (tertiary/aromatic N) is 1. The molecule has 0 atom stereocenters. The van der Waals surface area contributed by atoms with E-state index in [-0.39, 0.29) is 1.43 Å². The fourth-order valence-corrected chi connectivity index (χ4v) is 0.528. The van der Waals surface area contributed by atoms with Gasteiger partial charge in [-0.05, 0) is 31.5 Å². The standard InChI is InChI=1S/C7H7N/c1-6-3-4-8-7(2)5-6/h3-5H,1-2H2/p+1. The molecule has 0 unspecified atom stereocenters. The van der Waals surface area contributed by atoms with Gasteiger partial charge in [0.1, 0.15) is 0 Å². The van der Waals surface area contributed by atoms with Crippen molar-refractivity contribution in [2.24, 2.45) is 0 Å². The van der Waals surface area contributed by atoms with Crippen LogP contribution in [-0.4, -0.2) is 4.98 Å². The molecule has 0 amide bonds. The molecule has 1 aromatic heterocycles. The summed E-state index contributed by atoms with van der Waals surface area (Å²) in [7, 11) is 0. The summed E-state index contributed by atoms with van der Waals surface area (Å²) in [6.07, 6.45) is 1.70. The Kier molecular flexibility index (Phi) is 1.29. The van der Waals surface area contributed by atoms with E-state index in [1.165, 1.54) is 0 Å². The van der Waals surface area contributed by atoms with Gasteiger partial charge in [-0.25, -0.2) is 0 Å². The van der Waals surface area contributed by atoms with Crippen LogP contribution in [0.3, 0.4) is 0 Å². The first kappa shape index (κ1) is 5.29. The van der Waals surface area contributed by atoms with Crippen molar-refractivity contribution in [3.05, 3.63) is 43.4 Å². The summed E-state index contributed by atoms with van der Waals surface area (Å²) in [6.45, 7) is 7.33. The van der Waals surface area contributed by atoms with Crippen molar-refractivity contribution in [3.8, 4) is 0 Å². The third kappa shape index (κ3) is 1.06. The van der Waals surface area contributed by atoms with E-state index in [2.05, 4.69) is 18.8 Å². The minimum atomic E-state index is 0. The highest BCUT2D eigenvalue weighted by Crippen LogP contribution is 1.95. The van der Waals surface area contributed by atoms with E-state index < -0.39 is 0 Å². The molecule has 0 fully saturated rings. The van der Waals surface area contributed by atoms with Gasteiger partial charge in [0.15, 0.2) is 0 Å². The summed E-state index contributed by atoms with van der Waals surface area (Å²) in [4.78, 5) is 3.89. The van der Waals surface area contributed by atoms with Crippen molar-refractivity contribution < 1.29 is 1.43 Å². The summed E-state index contributed by atoms with van der Waals surface area (Å²) >= 11 is 0. The van der Waals surface area contributed by atoms with Crippen molar-refractivity contribution in [1.82, 2.24) is 4.98 Å². The van der Waals surface area contributed by atoms with Crippen molar-refractivity contribution >= 4 is 0 Å². The first-order valence-corrected chi connectivity index (χ1v) is 2.39. The molecule has 0 aromatic carbocycles. The maximum Gasteiger partial charge on any atom is 1.00 e. The van der Waals surface area contributed by atoms with Gasteiger partial charge < -0.3 is 0 Å². The Bertz CT molecular complexity index is 169. The second-order valence-electron chi connectivity index (χ2n) is 1.66. The monoisotopic (exact) mass is 106 g/mol. The van der Waals surface area contributed by atoms with Crippen LogP contribution >= 0.6 is 0 Å². The fraction of sp³-hybridized carbons (Fsp3) is 0. The number of hydrogen-bond donors (Lipinski definition) is 0. The zero-order chi connectivity index (χ0) is 5.98. The summed E-state index contributed by atoms with van der Waals surface area (Å²) in [5, 5.41) is 0. The molecule has 40 valence electrons. The number of pyridine rings is 1. The normalized spacial score (nSPS) is 9.25. The summed E-state index contributed by atoms with van der Waals surface area (Å²) < 4.78 is 0. The van der Waals surface area contributed by atoms with Gasteiger partial charge in [-0.2, -0.15) is 0 Å². The second kappa shape index (κ2) is 1.95. The van der Waals surface area contributed by atoms with Crippen LogP contribution in [0, 0.1) is 13.8 Å². The lowest BCUT2D eigenvalue weighted by atomic mass is 10.3. The molecule has 8 heavy (non-hydrogen) atoms. The fourth-order valence-electron chi connectivity index (χ4n) is 0.528. The highest BCUT2D eigenvalue weighted by atomic mass is 14.6. The van der Waals surface area contributed by atoms with E-state index in [1.807, 2.05) is 12.1 Å². The first-order chi connectivity index (χ1) is 3.79. The Labute approximate surface area is 50.9 Å². The van der Waals surface area contributed by atoms with Crippen molar-refractivity contribution in [1.29, 1.82) is 0 Å². The Morgan fingerprint density at radius 1 is 1.50 bits per heavy atom. The lowest BCUT2D eigenvalue weighted by Crippen LogP contribution is -1.78. The van der Waals surface area contributed by atoms with Crippen molar-refractivity contribution in [2.45, 2.75) is 0 Å². The molecule has 0 aliphatic rings. The quantitative estimate of drug-likeness (QED) is 0.489. The van der Waals surface area contributed by atoms with Gasteiger partial charge in [-0.3, -0.25) is 4.98 Å². The number of aromatic nitrogens is 1. The minimum absolute atomic E-state index is 0. The van der Waals surface area contributed by atoms with Gasteiger partial charge in [-0.15, -0.1) is 0 Å². The third-order valence-electron chi connectivity index (χ3n) is 0.881. The van der Waals surface area contributed by atoms with Gasteiger partial charge >= 0.3 is 1.43 Å². The van der Waals surface area contributed by atoms with Crippen LogP contribution in [0.4, 0.5) is 0 Å². The smallest absolute Gasteiger partial charge is 0.261 e. The topological polar surface area (TPSA) is 12.9 Å². The van der Waals surface area contributed by atoms with Gasteiger partial charge in [0, 0.05) is 11.9 Å². The molecule has 2 radical (unpaired) electrons. The number of hydrogen-bond acceptors (Lipinski definition) is 1. The summed E-state index contributed by atoms with van der Waals surface area (Å²) in [5.41, 5.74) is 1.74. The molecule has 0 spiro atoms. The average molecular weight is 106 g/mol. The molecule has 0 saturated carbocycles. The zero-order valence-electron chi connectivity index (χ0n) is 5.59. The lowest BCUT2D eigenvalue weighted by molar-refractivity contribution is 1.26. The molecule has 1 aromatic rings. The van der Waals surface area contributed by atoms with Crippen LogP contribution in [0.15, 0.2) is 18.3 Å². The van der Waals surface area contributed by atoms with Gasteiger partial charge in [0.2, 0.25) is 0 Å². The maximum atomic E-state index is 3.89. The summed E-state index contributed by atoms with van der Waals surface area (Å²) in [5.74, 6) is 0. The predicted octanol–water partition coefficient (Wildman–Crippen LogP) is 1.56. The molecule has 0 bridgehead atoms. The highest BCUT2D eigenvalue weighted by molar-refractivity contribution is 5.19. The second-order valence-corrected chi connectivity index (χ2v) is 1.66. The largest absolute Gasteiger partial charge is 1.00 e. The zero-order valence-corrected chi connectivity index (χ0v) is 4.59.